The predicted octanol–water partition coefficient (Wildman–Crippen LogP) is 0.780. The number of aromatic amines is 1. The summed E-state index contributed by atoms with van der Waals surface area (Å²) < 4.78 is 0. The fraction of sp³-hybridized carbons (Fsp3) is 0. The summed E-state index contributed by atoms with van der Waals surface area (Å²) in [5, 5.41) is 11.5. The van der Waals surface area contributed by atoms with Crippen molar-refractivity contribution < 1.29 is 0 Å². The molecule has 2 heterocycles. The van der Waals surface area contributed by atoms with Gasteiger partial charge >= 0.3 is 5.69 Å². The van der Waals surface area contributed by atoms with Crippen molar-refractivity contribution in [1.82, 2.24) is 15.0 Å². The second kappa shape index (κ2) is 4.23. The van der Waals surface area contributed by atoms with Gasteiger partial charge in [-0.25, -0.2) is 9.78 Å². The molecule has 0 radical (unpaired) electrons. The van der Waals surface area contributed by atoms with Crippen LogP contribution in [0.4, 0.5) is 11.6 Å². The first-order valence-corrected chi connectivity index (χ1v) is 4.47. The summed E-state index contributed by atoms with van der Waals surface area (Å²) in [6, 6.07) is 8.58. The molecule has 6 heteroatoms. The molecule has 0 amide bonds. The lowest BCUT2D eigenvalue weighted by Gasteiger charge is -2.02. The van der Waals surface area contributed by atoms with Gasteiger partial charge < -0.3 is 5.32 Å². The largest absolute Gasteiger partial charge is 0.347 e. The Bertz CT molecular complexity index is 584. The number of rotatable bonds is 2. The first-order chi connectivity index (χ1) is 7.78. The fourth-order valence-electron chi connectivity index (χ4n) is 1.15. The van der Waals surface area contributed by atoms with Crippen LogP contribution in [0.1, 0.15) is 5.69 Å². The molecular weight excluding hydrogens is 206 g/mol. The summed E-state index contributed by atoms with van der Waals surface area (Å²) >= 11 is 0. The molecule has 0 aliphatic rings. The van der Waals surface area contributed by atoms with Crippen LogP contribution in [0.25, 0.3) is 0 Å². The lowest BCUT2D eigenvalue weighted by molar-refractivity contribution is 1.05. The molecule has 0 aliphatic heterocycles. The van der Waals surface area contributed by atoms with Crippen molar-refractivity contribution in [3.63, 3.8) is 0 Å². The Hall–Kier alpha value is -2.68. The van der Waals surface area contributed by atoms with Gasteiger partial charge in [-0.05, 0) is 12.1 Å². The highest BCUT2D eigenvalue weighted by molar-refractivity contribution is 5.51. The number of H-pyrrole nitrogens is 1. The van der Waals surface area contributed by atoms with Crippen LogP contribution in [-0.4, -0.2) is 15.0 Å². The molecule has 0 spiro atoms. The maximum Gasteiger partial charge on any atom is 0.347 e. The topological polar surface area (TPSA) is 94.5 Å². The van der Waals surface area contributed by atoms with Crippen molar-refractivity contribution >= 4 is 11.6 Å². The number of nitrogens with one attached hydrogen (secondary N) is 2. The van der Waals surface area contributed by atoms with Gasteiger partial charge in [0.2, 0.25) is 0 Å². The predicted molar refractivity (Wildman–Crippen MR) is 57.1 cm³/mol. The Balaban J connectivity index is 2.33. The molecular formula is C10H7N5O. The molecule has 0 aliphatic carbocycles. The van der Waals surface area contributed by atoms with Crippen LogP contribution < -0.4 is 11.0 Å². The van der Waals surface area contributed by atoms with Gasteiger partial charge in [-0.15, -0.1) is 0 Å². The zero-order valence-electron chi connectivity index (χ0n) is 8.14. The third-order valence-electron chi connectivity index (χ3n) is 1.79. The van der Waals surface area contributed by atoms with E-state index in [0.29, 0.717) is 11.6 Å². The number of nitriles is 1. The second-order valence-electron chi connectivity index (χ2n) is 2.94. The molecule has 2 N–H and O–H groups in total. The van der Waals surface area contributed by atoms with Crippen molar-refractivity contribution in [2.45, 2.75) is 0 Å². The van der Waals surface area contributed by atoms with E-state index in [1.807, 2.05) is 6.07 Å². The third kappa shape index (κ3) is 2.22. The molecule has 16 heavy (non-hydrogen) atoms. The third-order valence-corrected chi connectivity index (χ3v) is 1.79. The molecule has 6 nitrogen and oxygen atoms in total. The zero-order chi connectivity index (χ0) is 11.4. The molecule has 0 saturated heterocycles. The molecule has 0 fully saturated rings. The van der Waals surface area contributed by atoms with Crippen LogP contribution in [0.3, 0.4) is 0 Å². The molecule has 2 aromatic heterocycles. The van der Waals surface area contributed by atoms with E-state index in [-0.39, 0.29) is 5.69 Å². The SMILES string of the molecule is N#Cc1cc(Nc2ccccn2)nc(=O)[nH]1. The number of anilines is 2. The lowest BCUT2D eigenvalue weighted by atomic mass is 10.4. The van der Waals surface area contributed by atoms with Crippen molar-refractivity contribution in [1.29, 1.82) is 5.26 Å². The smallest absolute Gasteiger partial charge is 0.325 e. The Morgan fingerprint density at radius 2 is 2.25 bits per heavy atom. The van der Waals surface area contributed by atoms with E-state index in [2.05, 4.69) is 20.3 Å². The van der Waals surface area contributed by atoms with E-state index >= 15 is 0 Å². The van der Waals surface area contributed by atoms with E-state index in [9.17, 15) is 4.79 Å². The lowest BCUT2D eigenvalue weighted by Crippen LogP contribution is -2.13. The van der Waals surface area contributed by atoms with Gasteiger partial charge in [0.1, 0.15) is 23.4 Å². The van der Waals surface area contributed by atoms with Crippen LogP contribution in [0.15, 0.2) is 35.3 Å². The van der Waals surface area contributed by atoms with Crippen LogP contribution in [-0.2, 0) is 0 Å². The van der Waals surface area contributed by atoms with Gasteiger partial charge in [0, 0.05) is 12.3 Å². The van der Waals surface area contributed by atoms with Gasteiger partial charge in [-0.2, -0.15) is 10.2 Å². The van der Waals surface area contributed by atoms with Gasteiger partial charge in [0.15, 0.2) is 0 Å². The highest BCUT2D eigenvalue weighted by atomic mass is 16.1. The summed E-state index contributed by atoms with van der Waals surface area (Å²) in [7, 11) is 0. The van der Waals surface area contributed by atoms with Crippen LogP contribution in [0.5, 0.6) is 0 Å². The monoisotopic (exact) mass is 213 g/mol. The minimum atomic E-state index is -0.572. The number of hydrogen-bond acceptors (Lipinski definition) is 5. The van der Waals surface area contributed by atoms with Crippen molar-refractivity contribution in [2.24, 2.45) is 0 Å². The van der Waals surface area contributed by atoms with Crippen molar-refractivity contribution in [3.05, 3.63) is 46.6 Å². The molecule has 0 unspecified atom stereocenters. The Morgan fingerprint density at radius 1 is 1.38 bits per heavy atom. The average Bonchev–Trinajstić information content (AvgIpc) is 2.29. The molecule has 0 bridgehead atoms. The molecule has 0 atom stereocenters. The number of pyridine rings is 1. The van der Waals surface area contributed by atoms with Gasteiger partial charge in [-0.3, -0.25) is 4.98 Å². The molecule has 2 rings (SSSR count). The van der Waals surface area contributed by atoms with E-state index in [4.69, 9.17) is 5.26 Å². The molecule has 78 valence electrons. The van der Waals surface area contributed by atoms with E-state index in [0.717, 1.165) is 0 Å². The summed E-state index contributed by atoms with van der Waals surface area (Å²) in [6.07, 6.45) is 1.61. The zero-order valence-corrected chi connectivity index (χ0v) is 8.14. The normalized spacial score (nSPS) is 9.44. The maximum atomic E-state index is 11.1. The second-order valence-corrected chi connectivity index (χ2v) is 2.94. The van der Waals surface area contributed by atoms with Gasteiger partial charge in [0.05, 0.1) is 0 Å². The maximum absolute atomic E-state index is 11.1. The highest BCUT2D eigenvalue weighted by Crippen LogP contribution is 2.09. The number of aromatic nitrogens is 3. The molecule has 2 aromatic rings. The Kier molecular flexibility index (Phi) is 2.61. The highest BCUT2D eigenvalue weighted by Gasteiger charge is 2.00. The fourth-order valence-corrected chi connectivity index (χ4v) is 1.15. The van der Waals surface area contributed by atoms with Crippen LogP contribution in [0, 0.1) is 11.3 Å². The Morgan fingerprint density at radius 3 is 2.94 bits per heavy atom. The van der Waals surface area contributed by atoms with Crippen molar-refractivity contribution in [3.8, 4) is 6.07 Å². The van der Waals surface area contributed by atoms with Crippen molar-refractivity contribution in [2.75, 3.05) is 5.32 Å². The summed E-state index contributed by atoms with van der Waals surface area (Å²) in [6.45, 7) is 0. The Labute approximate surface area is 90.6 Å². The average molecular weight is 213 g/mol. The molecule has 0 aromatic carbocycles. The summed E-state index contributed by atoms with van der Waals surface area (Å²) in [4.78, 5) is 21.1. The summed E-state index contributed by atoms with van der Waals surface area (Å²) in [5.74, 6) is 0.850. The van der Waals surface area contributed by atoms with Gasteiger partial charge in [0.25, 0.3) is 0 Å². The minimum absolute atomic E-state index is 0.151. The quantitative estimate of drug-likeness (QED) is 0.768. The van der Waals surface area contributed by atoms with Gasteiger partial charge in [-0.1, -0.05) is 6.07 Å². The first-order valence-electron chi connectivity index (χ1n) is 4.47. The summed E-state index contributed by atoms with van der Waals surface area (Å²) in [5.41, 5.74) is -0.420. The number of hydrogen-bond donors (Lipinski definition) is 2. The van der Waals surface area contributed by atoms with E-state index < -0.39 is 5.69 Å². The minimum Gasteiger partial charge on any atom is -0.325 e. The standard InChI is InChI=1S/C10H7N5O/c11-6-7-5-9(15-10(16)13-7)14-8-3-1-2-4-12-8/h1-5H,(H2,12,13,14,15,16). The van der Waals surface area contributed by atoms with Crippen LogP contribution in [0.2, 0.25) is 0 Å². The van der Waals surface area contributed by atoms with E-state index in [1.165, 1.54) is 6.07 Å². The molecule has 0 saturated carbocycles. The number of nitrogens with zero attached hydrogens (tertiary/aromatic N) is 3. The first kappa shape index (κ1) is 9.86. The van der Waals surface area contributed by atoms with Crippen LogP contribution >= 0.6 is 0 Å². The van der Waals surface area contributed by atoms with E-state index in [1.54, 1.807) is 24.4 Å².